The van der Waals surface area contributed by atoms with Gasteiger partial charge in [0.2, 0.25) is 0 Å². The Morgan fingerprint density at radius 3 is 2.76 bits per heavy atom. The van der Waals surface area contributed by atoms with Crippen molar-refractivity contribution in [2.45, 2.75) is 12.5 Å². The number of nitrogens with one attached hydrogen (secondary N) is 2. The number of hydrogen-bond acceptors (Lipinski definition) is 7. The minimum absolute atomic E-state index is 0.0566. The minimum Gasteiger partial charge on any atom is -0.386 e. The van der Waals surface area contributed by atoms with Crippen LogP contribution < -0.4 is 10.6 Å². The summed E-state index contributed by atoms with van der Waals surface area (Å²) in [4.78, 5) is 22.2. The zero-order valence-electron chi connectivity index (χ0n) is 12.7. The molecule has 1 saturated heterocycles. The number of benzene rings is 1. The Labute approximate surface area is 148 Å². The van der Waals surface area contributed by atoms with E-state index in [9.17, 15) is 23.3 Å². The van der Waals surface area contributed by atoms with Crippen LogP contribution in [-0.4, -0.2) is 36.8 Å². The number of sulfone groups is 1. The number of nitro groups is 1. The quantitative estimate of drug-likeness (QED) is 0.338. The van der Waals surface area contributed by atoms with E-state index in [1.165, 1.54) is 12.1 Å². The summed E-state index contributed by atoms with van der Waals surface area (Å²) >= 11 is 5.69. The summed E-state index contributed by atoms with van der Waals surface area (Å²) in [5.41, 5.74) is -0.566. The number of nitrogens with zero attached hydrogens (tertiary/aromatic N) is 2. The first-order chi connectivity index (χ1) is 11.7. The lowest BCUT2D eigenvalue weighted by Crippen LogP contribution is -2.27. The van der Waals surface area contributed by atoms with E-state index in [4.69, 9.17) is 16.9 Å². The van der Waals surface area contributed by atoms with Crippen molar-refractivity contribution in [3.63, 3.8) is 0 Å². The molecule has 1 aromatic rings. The van der Waals surface area contributed by atoms with Gasteiger partial charge in [-0.2, -0.15) is 5.26 Å². The first-order valence-corrected chi connectivity index (χ1v) is 9.24. The molecule has 0 spiro atoms. The molecular weight excluding hydrogens is 372 g/mol. The lowest BCUT2D eigenvalue weighted by Gasteiger charge is -2.09. The Morgan fingerprint density at radius 1 is 1.48 bits per heavy atom. The lowest BCUT2D eigenvalue weighted by atomic mass is 10.2. The first kappa shape index (κ1) is 18.7. The average molecular weight is 385 g/mol. The summed E-state index contributed by atoms with van der Waals surface area (Å²) in [6.45, 7) is 0. The molecule has 0 bridgehead atoms. The zero-order chi connectivity index (χ0) is 18.6. The molecule has 0 radical (unpaired) electrons. The third-order valence-corrected chi connectivity index (χ3v) is 5.55. The lowest BCUT2D eigenvalue weighted by molar-refractivity contribution is -0.384. The Hall–Kier alpha value is -2.64. The molecule has 0 aliphatic carbocycles. The normalized spacial score (nSPS) is 19.0. The number of carbonyl (C=O) groups is 1. The molecule has 1 fully saturated rings. The fourth-order valence-corrected chi connectivity index (χ4v) is 4.08. The topological polar surface area (TPSA) is 142 Å². The van der Waals surface area contributed by atoms with Crippen LogP contribution in [0.5, 0.6) is 0 Å². The second-order valence-corrected chi connectivity index (χ2v) is 7.95. The van der Waals surface area contributed by atoms with Crippen LogP contribution in [0.3, 0.4) is 0 Å². The van der Waals surface area contributed by atoms with Crippen LogP contribution in [0.25, 0.3) is 0 Å². The van der Waals surface area contributed by atoms with Gasteiger partial charge < -0.3 is 10.6 Å². The summed E-state index contributed by atoms with van der Waals surface area (Å²) < 4.78 is 22.7. The van der Waals surface area contributed by atoms with Gasteiger partial charge in [-0.15, -0.1) is 0 Å². The fourth-order valence-electron chi connectivity index (χ4n) is 2.20. The van der Waals surface area contributed by atoms with Gasteiger partial charge in [0.15, 0.2) is 9.84 Å². The Bertz CT molecular complexity index is 891. The van der Waals surface area contributed by atoms with Crippen molar-refractivity contribution in [3.05, 3.63) is 45.1 Å². The summed E-state index contributed by atoms with van der Waals surface area (Å²) in [6.07, 6.45) is 1.54. The van der Waals surface area contributed by atoms with Crippen LogP contribution in [0, 0.1) is 21.4 Å². The highest BCUT2D eigenvalue weighted by molar-refractivity contribution is 7.91. The van der Waals surface area contributed by atoms with Gasteiger partial charge in [0, 0.05) is 24.0 Å². The standard InChI is InChI=1S/C14H13ClN4O5S/c15-12-2-1-10(5-13(12)19(21)22)18-14(20)9(6-16)7-17-11-3-4-25(23,24)8-11/h1-2,5,7,11,17H,3-4,8H2,(H,18,20)/b9-7-. The number of carbonyl (C=O) groups excluding carboxylic acids is 1. The molecule has 0 saturated carbocycles. The predicted molar refractivity (Wildman–Crippen MR) is 90.6 cm³/mol. The van der Waals surface area contributed by atoms with Crippen LogP contribution in [-0.2, 0) is 14.6 Å². The average Bonchev–Trinajstić information content (AvgIpc) is 2.88. The second kappa shape index (κ2) is 7.50. The zero-order valence-corrected chi connectivity index (χ0v) is 14.3. The van der Waals surface area contributed by atoms with Crippen LogP contribution in [0.4, 0.5) is 11.4 Å². The third-order valence-electron chi connectivity index (χ3n) is 3.46. The molecule has 2 N–H and O–H groups in total. The molecule has 132 valence electrons. The van der Waals surface area contributed by atoms with E-state index in [2.05, 4.69) is 10.6 Å². The monoisotopic (exact) mass is 384 g/mol. The van der Waals surface area contributed by atoms with Crippen molar-refractivity contribution < 1.29 is 18.1 Å². The van der Waals surface area contributed by atoms with E-state index < -0.39 is 20.7 Å². The van der Waals surface area contributed by atoms with Crippen molar-refractivity contribution in [3.8, 4) is 6.07 Å². The molecule has 2 rings (SSSR count). The van der Waals surface area contributed by atoms with E-state index in [1.807, 2.05) is 0 Å². The van der Waals surface area contributed by atoms with Crippen molar-refractivity contribution in [2.75, 3.05) is 16.8 Å². The molecule has 25 heavy (non-hydrogen) atoms. The van der Waals surface area contributed by atoms with Gasteiger partial charge in [-0.25, -0.2) is 8.42 Å². The van der Waals surface area contributed by atoms with E-state index in [-0.39, 0.29) is 39.5 Å². The number of anilines is 1. The summed E-state index contributed by atoms with van der Waals surface area (Å²) in [6, 6.07) is 5.02. The molecule has 11 heteroatoms. The molecule has 1 aromatic carbocycles. The highest BCUT2D eigenvalue weighted by Crippen LogP contribution is 2.27. The van der Waals surface area contributed by atoms with Gasteiger partial charge in [0.1, 0.15) is 16.7 Å². The SMILES string of the molecule is N#C/C(=C/NC1CCS(=O)(=O)C1)C(=O)Nc1ccc(Cl)c([N+](=O)[O-])c1. The number of amides is 1. The predicted octanol–water partition coefficient (Wildman–Crippen LogP) is 1.37. The van der Waals surface area contributed by atoms with E-state index in [0.29, 0.717) is 6.42 Å². The maximum atomic E-state index is 12.1. The molecule has 1 atom stereocenters. The molecular formula is C14H13ClN4O5S. The van der Waals surface area contributed by atoms with Gasteiger partial charge in [-0.05, 0) is 18.6 Å². The molecule has 1 heterocycles. The summed E-state index contributed by atoms with van der Waals surface area (Å²) in [5.74, 6) is -0.790. The first-order valence-electron chi connectivity index (χ1n) is 7.04. The van der Waals surface area contributed by atoms with E-state index in [1.54, 1.807) is 6.07 Å². The van der Waals surface area contributed by atoms with Gasteiger partial charge >= 0.3 is 0 Å². The number of rotatable bonds is 5. The maximum absolute atomic E-state index is 12.1. The van der Waals surface area contributed by atoms with Crippen LogP contribution in [0.15, 0.2) is 30.0 Å². The van der Waals surface area contributed by atoms with Gasteiger partial charge in [0.25, 0.3) is 11.6 Å². The Kier molecular flexibility index (Phi) is 5.61. The Balaban J connectivity index is 2.08. The number of hydrogen-bond donors (Lipinski definition) is 2. The van der Waals surface area contributed by atoms with Crippen molar-refractivity contribution in [2.24, 2.45) is 0 Å². The smallest absolute Gasteiger partial charge is 0.289 e. The molecule has 1 amide bonds. The van der Waals surface area contributed by atoms with Gasteiger partial charge in [-0.3, -0.25) is 14.9 Å². The van der Waals surface area contributed by atoms with Crippen molar-refractivity contribution in [1.82, 2.24) is 5.32 Å². The molecule has 9 nitrogen and oxygen atoms in total. The Morgan fingerprint density at radius 2 is 2.20 bits per heavy atom. The summed E-state index contributed by atoms with van der Waals surface area (Å²) in [5, 5.41) is 24.9. The van der Waals surface area contributed by atoms with E-state index in [0.717, 1.165) is 12.3 Å². The second-order valence-electron chi connectivity index (χ2n) is 5.31. The largest absolute Gasteiger partial charge is 0.386 e. The van der Waals surface area contributed by atoms with Crippen LogP contribution in [0.1, 0.15) is 6.42 Å². The van der Waals surface area contributed by atoms with Crippen molar-refractivity contribution >= 4 is 38.7 Å². The molecule has 1 aliphatic rings. The fraction of sp³-hybridized carbons (Fsp3) is 0.286. The highest BCUT2D eigenvalue weighted by atomic mass is 35.5. The van der Waals surface area contributed by atoms with Gasteiger partial charge in [0.05, 0.1) is 16.4 Å². The maximum Gasteiger partial charge on any atom is 0.289 e. The molecule has 0 aromatic heterocycles. The van der Waals surface area contributed by atoms with Crippen molar-refractivity contribution in [1.29, 1.82) is 5.26 Å². The highest BCUT2D eigenvalue weighted by Gasteiger charge is 2.27. The number of nitriles is 1. The molecule has 1 unspecified atom stereocenters. The van der Waals surface area contributed by atoms with E-state index >= 15 is 0 Å². The van der Waals surface area contributed by atoms with Crippen LogP contribution in [0.2, 0.25) is 5.02 Å². The minimum atomic E-state index is -3.09. The summed E-state index contributed by atoms with van der Waals surface area (Å²) in [7, 11) is -3.09. The number of halogens is 1. The molecule has 1 aliphatic heterocycles. The van der Waals surface area contributed by atoms with Crippen LogP contribution >= 0.6 is 11.6 Å². The number of nitro benzene ring substituents is 1. The third kappa shape index (κ3) is 4.91. The van der Waals surface area contributed by atoms with Gasteiger partial charge in [-0.1, -0.05) is 11.6 Å².